The summed E-state index contributed by atoms with van der Waals surface area (Å²) in [6.07, 6.45) is 6.11. The predicted molar refractivity (Wildman–Crippen MR) is 69.8 cm³/mol. The maximum Gasteiger partial charge on any atom is 0.150 e. The molecule has 1 atom stereocenters. The molecule has 0 aromatic heterocycles. The van der Waals surface area contributed by atoms with E-state index in [9.17, 15) is 8.42 Å². The van der Waals surface area contributed by atoms with E-state index in [-0.39, 0.29) is 5.92 Å². The van der Waals surface area contributed by atoms with E-state index >= 15 is 0 Å². The van der Waals surface area contributed by atoms with Crippen LogP contribution in [0.3, 0.4) is 0 Å². The normalized spacial score (nSPS) is 30.7. The summed E-state index contributed by atoms with van der Waals surface area (Å²) < 4.78 is 22.9. The van der Waals surface area contributed by atoms with Gasteiger partial charge in [0.25, 0.3) is 0 Å². The van der Waals surface area contributed by atoms with Crippen molar-refractivity contribution in [2.75, 3.05) is 44.2 Å². The highest BCUT2D eigenvalue weighted by Gasteiger charge is 2.22. The predicted octanol–water partition coefficient (Wildman–Crippen LogP) is 0.273. The first-order chi connectivity index (χ1) is 8.16. The van der Waals surface area contributed by atoms with Crippen molar-refractivity contribution in [3.63, 3.8) is 0 Å². The molecule has 0 saturated carbocycles. The van der Waals surface area contributed by atoms with Crippen LogP contribution in [0.1, 0.15) is 12.8 Å². The van der Waals surface area contributed by atoms with Gasteiger partial charge in [-0.15, -0.1) is 0 Å². The minimum Gasteiger partial charge on any atom is -0.314 e. The molecule has 5 heteroatoms. The maximum absolute atomic E-state index is 11.5. The molecule has 0 aromatic carbocycles. The van der Waals surface area contributed by atoms with E-state index in [0.29, 0.717) is 11.5 Å². The highest BCUT2D eigenvalue weighted by molar-refractivity contribution is 7.91. The topological polar surface area (TPSA) is 49.4 Å². The van der Waals surface area contributed by atoms with Gasteiger partial charge in [0.15, 0.2) is 9.84 Å². The summed E-state index contributed by atoms with van der Waals surface area (Å²) in [5, 5.41) is 3.32. The van der Waals surface area contributed by atoms with Gasteiger partial charge in [-0.05, 0) is 18.8 Å². The van der Waals surface area contributed by atoms with Crippen LogP contribution in [0.15, 0.2) is 12.2 Å². The Balaban J connectivity index is 1.76. The zero-order valence-corrected chi connectivity index (χ0v) is 11.1. The number of hydrogen-bond donors (Lipinski definition) is 1. The summed E-state index contributed by atoms with van der Waals surface area (Å²) in [5.74, 6) is 0.983. The van der Waals surface area contributed by atoms with Crippen molar-refractivity contribution in [2.45, 2.75) is 12.8 Å². The van der Waals surface area contributed by atoms with Crippen molar-refractivity contribution in [3.8, 4) is 0 Å². The average Bonchev–Trinajstić information content (AvgIpc) is 2.29. The van der Waals surface area contributed by atoms with E-state index in [1.807, 2.05) is 0 Å². The summed E-state index contributed by atoms with van der Waals surface area (Å²) in [6.45, 7) is 5.26. The Hall–Kier alpha value is -0.390. The van der Waals surface area contributed by atoms with Crippen molar-refractivity contribution in [1.82, 2.24) is 10.2 Å². The van der Waals surface area contributed by atoms with E-state index in [4.69, 9.17) is 0 Å². The van der Waals surface area contributed by atoms with Gasteiger partial charge in [-0.25, -0.2) is 8.42 Å². The molecule has 2 rings (SSSR count). The van der Waals surface area contributed by atoms with Gasteiger partial charge in [0.1, 0.15) is 0 Å². The molecule has 0 spiro atoms. The quantitative estimate of drug-likeness (QED) is 0.738. The lowest BCUT2D eigenvalue weighted by atomic mass is 10.1. The van der Waals surface area contributed by atoms with Gasteiger partial charge in [-0.3, -0.25) is 4.90 Å². The summed E-state index contributed by atoms with van der Waals surface area (Å²) >= 11 is 0. The average molecular weight is 258 g/mol. The maximum atomic E-state index is 11.5. The molecule has 0 amide bonds. The van der Waals surface area contributed by atoms with Crippen LogP contribution in [0.4, 0.5) is 0 Å². The number of nitrogens with zero attached hydrogens (tertiary/aromatic N) is 1. The fourth-order valence-electron chi connectivity index (χ4n) is 2.51. The zero-order valence-electron chi connectivity index (χ0n) is 10.3. The van der Waals surface area contributed by atoms with Crippen LogP contribution in [-0.4, -0.2) is 57.5 Å². The van der Waals surface area contributed by atoms with Crippen molar-refractivity contribution in [3.05, 3.63) is 12.2 Å². The van der Waals surface area contributed by atoms with Crippen LogP contribution in [-0.2, 0) is 9.84 Å². The van der Waals surface area contributed by atoms with E-state index in [1.54, 1.807) is 0 Å². The molecule has 1 N–H and O–H groups in total. The SMILES string of the molecule is O=S1(=O)CCCC(/C=C\CN2CCNCC2)C1. The molecule has 2 aliphatic heterocycles. The Kier molecular flexibility index (Phi) is 4.59. The van der Waals surface area contributed by atoms with Crippen LogP contribution in [0, 0.1) is 5.92 Å². The standard InChI is InChI=1S/C12H22N2O2S/c15-17(16)10-2-4-12(11-17)3-1-7-14-8-5-13-6-9-14/h1,3,12-13H,2,4-11H2/b3-1-. The Bertz CT molecular complexity index is 359. The molecule has 2 saturated heterocycles. The number of piperazine rings is 1. The molecule has 17 heavy (non-hydrogen) atoms. The molecule has 1 unspecified atom stereocenters. The first-order valence-corrected chi connectivity index (χ1v) is 8.28. The largest absolute Gasteiger partial charge is 0.314 e. The third-order valence-corrected chi connectivity index (χ3v) is 5.33. The van der Waals surface area contributed by atoms with E-state index in [1.165, 1.54) is 0 Å². The van der Waals surface area contributed by atoms with Gasteiger partial charge < -0.3 is 5.32 Å². The van der Waals surface area contributed by atoms with Crippen molar-refractivity contribution >= 4 is 9.84 Å². The summed E-state index contributed by atoms with van der Waals surface area (Å²) in [6, 6.07) is 0. The molecule has 2 heterocycles. The minimum absolute atomic E-state index is 0.247. The van der Waals surface area contributed by atoms with Crippen LogP contribution in [0.5, 0.6) is 0 Å². The molecular formula is C12H22N2O2S. The van der Waals surface area contributed by atoms with Gasteiger partial charge in [-0.2, -0.15) is 0 Å². The van der Waals surface area contributed by atoms with Crippen LogP contribution >= 0.6 is 0 Å². The monoisotopic (exact) mass is 258 g/mol. The van der Waals surface area contributed by atoms with Crippen molar-refractivity contribution in [2.24, 2.45) is 5.92 Å². The second kappa shape index (κ2) is 5.98. The molecule has 98 valence electrons. The van der Waals surface area contributed by atoms with Gasteiger partial charge in [0.2, 0.25) is 0 Å². The highest BCUT2D eigenvalue weighted by atomic mass is 32.2. The minimum atomic E-state index is -2.76. The molecule has 2 fully saturated rings. The smallest absolute Gasteiger partial charge is 0.150 e. The van der Waals surface area contributed by atoms with Gasteiger partial charge in [-0.1, -0.05) is 12.2 Å². The van der Waals surface area contributed by atoms with Gasteiger partial charge in [0, 0.05) is 32.7 Å². The Labute approximate surface area is 104 Å². The third kappa shape index (κ3) is 4.41. The fraction of sp³-hybridized carbons (Fsp3) is 0.833. The number of hydrogen-bond acceptors (Lipinski definition) is 4. The summed E-state index contributed by atoms with van der Waals surface area (Å²) in [4.78, 5) is 2.39. The van der Waals surface area contributed by atoms with Crippen molar-refractivity contribution in [1.29, 1.82) is 0 Å². The molecule has 4 nitrogen and oxygen atoms in total. The highest BCUT2D eigenvalue weighted by Crippen LogP contribution is 2.19. The molecule has 0 aliphatic carbocycles. The van der Waals surface area contributed by atoms with Crippen molar-refractivity contribution < 1.29 is 8.42 Å². The number of nitrogens with one attached hydrogen (secondary N) is 1. The third-order valence-electron chi connectivity index (χ3n) is 3.48. The van der Waals surface area contributed by atoms with E-state index in [2.05, 4.69) is 22.4 Å². The van der Waals surface area contributed by atoms with Gasteiger partial charge in [0.05, 0.1) is 11.5 Å². The number of rotatable bonds is 3. The van der Waals surface area contributed by atoms with Crippen LogP contribution < -0.4 is 5.32 Å². The first kappa shape index (κ1) is 13.1. The van der Waals surface area contributed by atoms with Crippen LogP contribution in [0.2, 0.25) is 0 Å². The van der Waals surface area contributed by atoms with Gasteiger partial charge >= 0.3 is 0 Å². The first-order valence-electron chi connectivity index (χ1n) is 6.46. The van der Waals surface area contributed by atoms with Crippen LogP contribution in [0.25, 0.3) is 0 Å². The lowest BCUT2D eigenvalue weighted by molar-refractivity contribution is 0.264. The molecular weight excluding hydrogens is 236 g/mol. The fourth-order valence-corrected chi connectivity index (χ4v) is 4.21. The Morgan fingerprint density at radius 2 is 2.06 bits per heavy atom. The summed E-state index contributed by atoms with van der Waals surface area (Å²) in [7, 11) is -2.76. The molecule has 0 radical (unpaired) electrons. The molecule has 0 bridgehead atoms. The second-order valence-electron chi connectivity index (χ2n) is 5.00. The summed E-state index contributed by atoms with van der Waals surface area (Å²) in [5.41, 5.74) is 0. The lowest BCUT2D eigenvalue weighted by Gasteiger charge is -2.26. The second-order valence-corrected chi connectivity index (χ2v) is 7.22. The number of sulfone groups is 1. The Morgan fingerprint density at radius 1 is 1.29 bits per heavy atom. The molecule has 0 aromatic rings. The van der Waals surface area contributed by atoms with E-state index in [0.717, 1.165) is 45.6 Å². The lowest BCUT2D eigenvalue weighted by Crippen LogP contribution is -2.43. The van der Waals surface area contributed by atoms with E-state index < -0.39 is 9.84 Å². The molecule has 2 aliphatic rings. The zero-order chi connectivity index (χ0) is 12.1. The Morgan fingerprint density at radius 3 is 2.76 bits per heavy atom. The number of allylic oxidation sites excluding steroid dienone is 1.